The number of nitrogens with zero attached hydrogens (tertiary/aromatic N) is 4. The third-order valence-corrected chi connectivity index (χ3v) is 1.41. The van der Waals surface area contributed by atoms with Crippen molar-refractivity contribution in [3.8, 4) is 0 Å². The SMILES string of the molecule is CC/C=C/N=C1N=CC=NC1=NC. The Morgan fingerprint density at radius 3 is 2.62 bits per heavy atom. The van der Waals surface area contributed by atoms with Crippen molar-refractivity contribution in [1.82, 2.24) is 0 Å². The second-order valence-corrected chi connectivity index (χ2v) is 2.35. The van der Waals surface area contributed by atoms with Crippen LogP contribution in [0.25, 0.3) is 0 Å². The molecule has 1 aliphatic heterocycles. The molecular formula is C9H12N4. The summed E-state index contributed by atoms with van der Waals surface area (Å²) < 4.78 is 0. The summed E-state index contributed by atoms with van der Waals surface area (Å²) in [7, 11) is 1.67. The molecule has 1 rings (SSSR count). The zero-order chi connectivity index (χ0) is 9.52. The lowest BCUT2D eigenvalue weighted by molar-refractivity contribution is 1.21. The number of allylic oxidation sites excluding steroid dienone is 1. The first-order chi connectivity index (χ1) is 6.38. The van der Waals surface area contributed by atoms with Gasteiger partial charge < -0.3 is 0 Å². The quantitative estimate of drug-likeness (QED) is 0.612. The van der Waals surface area contributed by atoms with Crippen molar-refractivity contribution in [3.05, 3.63) is 12.3 Å². The highest BCUT2D eigenvalue weighted by Gasteiger charge is 2.05. The number of hydrogen-bond acceptors (Lipinski definition) is 2. The highest BCUT2D eigenvalue weighted by Crippen LogP contribution is 1.94. The Bertz CT molecular complexity index is 308. The van der Waals surface area contributed by atoms with E-state index in [1.165, 1.54) is 0 Å². The van der Waals surface area contributed by atoms with E-state index in [1.54, 1.807) is 25.7 Å². The van der Waals surface area contributed by atoms with E-state index in [1.807, 2.05) is 13.0 Å². The highest BCUT2D eigenvalue weighted by molar-refractivity contribution is 6.48. The van der Waals surface area contributed by atoms with Gasteiger partial charge in [-0.1, -0.05) is 13.0 Å². The Morgan fingerprint density at radius 1 is 1.31 bits per heavy atom. The van der Waals surface area contributed by atoms with Crippen molar-refractivity contribution < 1.29 is 0 Å². The van der Waals surface area contributed by atoms with Gasteiger partial charge in [-0.2, -0.15) is 0 Å². The number of rotatable bonds is 2. The van der Waals surface area contributed by atoms with Crippen molar-refractivity contribution in [2.24, 2.45) is 20.0 Å². The van der Waals surface area contributed by atoms with Gasteiger partial charge in [-0.15, -0.1) is 0 Å². The highest BCUT2D eigenvalue weighted by atomic mass is 15.0. The molecule has 68 valence electrons. The zero-order valence-electron chi connectivity index (χ0n) is 7.81. The average molecular weight is 176 g/mol. The molecular weight excluding hydrogens is 164 g/mol. The molecule has 0 radical (unpaired) electrons. The van der Waals surface area contributed by atoms with Crippen molar-refractivity contribution in [3.63, 3.8) is 0 Å². The van der Waals surface area contributed by atoms with E-state index in [2.05, 4.69) is 20.0 Å². The van der Waals surface area contributed by atoms with Gasteiger partial charge in [-0.25, -0.2) is 15.0 Å². The van der Waals surface area contributed by atoms with Crippen LogP contribution < -0.4 is 0 Å². The summed E-state index contributed by atoms with van der Waals surface area (Å²) in [5.41, 5.74) is 0. The van der Waals surface area contributed by atoms with Gasteiger partial charge in [0.05, 0.1) is 0 Å². The van der Waals surface area contributed by atoms with Gasteiger partial charge in [0.25, 0.3) is 0 Å². The molecule has 1 aliphatic rings. The second kappa shape index (κ2) is 5.13. The minimum Gasteiger partial charge on any atom is -0.267 e. The molecule has 4 nitrogen and oxygen atoms in total. The van der Waals surface area contributed by atoms with Crippen LogP contribution in [0.1, 0.15) is 13.3 Å². The molecule has 0 aromatic carbocycles. The lowest BCUT2D eigenvalue weighted by atomic mass is 10.4. The Balaban J connectivity index is 2.79. The van der Waals surface area contributed by atoms with E-state index < -0.39 is 0 Å². The van der Waals surface area contributed by atoms with Crippen LogP contribution in [0.5, 0.6) is 0 Å². The molecule has 0 saturated heterocycles. The molecule has 0 aromatic heterocycles. The molecule has 0 saturated carbocycles. The van der Waals surface area contributed by atoms with Crippen LogP contribution in [-0.4, -0.2) is 31.1 Å². The summed E-state index contributed by atoms with van der Waals surface area (Å²) in [6.07, 6.45) is 7.84. The number of amidine groups is 2. The Labute approximate surface area is 77.5 Å². The summed E-state index contributed by atoms with van der Waals surface area (Å²) >= 11 is 0. The normalized spacial score (nSPS) is 22.3. The number of aliphatic imine (C=N–C) groups is 4. The molecule has 0 aliphatic carbocycles. The fourth-order valence-corrected chi connectivity index (χ4v) is 0.801. The van der Waals surface area contributed by atoms with Crippen molar-refractivity contribution >= 4 is 24.1 Å². The predicted octanol–water partition coefficient (Wildman–Crippen LogP) is 1.49. The third kappa shape index (κ3) is 2.74. The summed E-state index contributed by atoms with van der Waals surface area (Å²) in [5.74, 6) is 1.14. The van der Waals surface area contributed by atoms with Gasteiger partial charge in [-0.3, -0.25) is 4.99 Å². The predicted molar refractivity (Wildman–Crippen MR) is 57.2 cm³/mol. The standard InChI is InChI=1S/C9H12N4/c1-3-4-5-11-9-8(10-2)12-6-7-13-9/h4-7H,3H2,1-2H3/b5-4+,10-8?,11-9?. The van der Waals surface area contributed by atoms with E-state index in [-0.39, 0.29) is 0 Å². The van der Waals surface area contributed by atoms with Crippen LogP contribution in [0.15, 0.2) is 32.2 Å². The Morgan fingerprint density at radius 2 is 2.00 bits per heavy atom. The monoisotopic (exact) mass is 176 g/mol. The minimum absolute atomic E-state index is 0.565. The lowest BCUT2D eigenvalue weighted by Crippen LogP contribution is -2.13. The second-order valence-electron chi connectivity index (χ2n) is 2.35. The van der Waals surface area contributed by atoms with E-state index >= 15 is 0 Å². The molecule has 0 bridgehead atoms. The van der Waals surface area contributed by atoms with E-state index in [4.69, 9.17) is 0 Å². The minimum atomic E-state index is 0.565. The zero-order valence-corrected chi connectivity index (χ0v) is 7.81. The van der Waals surface area contributed by atoms with Crippen molar-refractivity contribution in [2.45, 2.75) is 13.3 Å². The van der Waals surface area contributed by atoms with Crippen LogP contribution >= 0.6 is 0 Å². The molecule has 0 spiro atoms. The maximum Gasteiger partial charge on any atom is 0.197 e. The van der Waals surface area contributed by atoms with E-state index in [0.717, 1.165) is 6.42 Å². The molecule has 0 fully saturated rings. The molecule has 4 heteroatoms. The van der Waals surface area contributed by atoms with Gasteiger partial charge >= 0.3 is 0 Å². The summed E-state index contributed by atoms with van der Waals surface area (Å²) in [6.45, 7) is 2.05. The Kier molecular flexibility index (Phi) is 3.75. The van der Waals surface area contributed by atoms with Gasteiger partial charge in [0.2, 0.25) is 0 Å². The van der Waals surface area contributed by atoms with Crippen LogP contribution in [-0.2, 0) is 0 Å². The first-order valence-electron chi connectivity index (χ1n) is 4.15. The molecule has 0 amide bonds. The maximum absolute atomic E-state index is 4.12. The Hall–Kier alpha value is -1.58. The van der Waals surface area contributed by atoms with Gasteiger partial charge in [0.15, 0.2) is 11.7 Å². The third-order valence-electron chi connectivity index (χ3n) is 1.41. The fourth-order valence-electron chi connectivity index (χ4n) is 0.801. The van der Waals surface area contributed by atoms with Gasteiger partial charge in [0, 0.05) is 25.7 Å². The molecule has 13 heavy (non-hydrogen) atoms. The molecule has 0 unspecified atom stereocenters. The molecule has 1 heterocycles. The van der Waals surface area contributed by atoms with Crippen molar-refractivity contribution in [2.75, 3.05) is 7.05 Å². The van der Waals surface area contributed by atoms with Crippen LogP contribution in [0, 0.1) is 0 Å². The fraction of sp³-hybridized carbons (Fsp3) is 0.333. The van der Waals surface area contributed by atoms with Gasteiger partial charge in [-0.05, 0) is 6.42 Å². The largest absolute Gasteiger partial charge is 0.267 e. The maximum atomic E-state index is 4.12. The van der Waals surface area contributed by atoms with Crippen molar-refractivity contribution in [1.29, 1.82) is 0 Å². The summed E-state index contributed by atoms with van der Waals surface area (Å²) in [4.78, 5) is 16.1. The summed E-state index contributed by atoms with van der Waals surface area (Å²) in [5, 5.41) is 0. The smallest absolute Gasteiger partial charge is 0.197 e. The molecule has 0 N–H and O–H groups in total. The van der Waals surface area contributed by atoms with E-state index in [0.29, 0.717) is 11.7 Å². The molecule has 0 aromatic rings. The van der Waals surface area contributed by atoms with Crippen LogP contribution in [0.2, 0.25) is 0 Å². The summed E-state index contributed by atoms with van der Waals surface area (Å²) in [6, 6.07) is 0. The van der Waals surface area contributed by atoms with Crippen LogP contribution in [0.4, 0.5) is 0 Å². The van der Waals surface area contributed by atoms with E-state index in [9.17, 15) is 0 Å². The van der Waals surface area contributed by atoms with Crippen LogP contribution in [0.3, 0.4) is 0 Å². The van der Waals surface area contributed by atoms with Gasteiger partial charge in [0.1, 0.15) is 0 Å². The average Bonchev–Trinajstić information content (AvgIpc) is 2.19. The topological polar surface area (TPSA) is 49.4 Å². The molecule has 0 atom stereocenters. The first-order valence-corrected chi connectivity index (χ1v) is 4.15. The lowest BCUT2D eigenvalue weighted by Gasteiger charge is -2.00. The number of hydrogen-bond donors (Lipinski definition) is 0. The first kappa shape index (κ1) is 9.51.